The van der Waals surface area contributed by atoms with Crippen molar-refractivity contribution in [2.75, 3.05) is 54.2 Å². The lowest BCUT2D eigenvalue weighted by Gasteiger charge is -2.27. The number of amides is 1. The number of aliphatic carboxylic acids is 1. The van der Waals surface area contributed by atoms with Crippen LogP contribution < -0.4 is 15.4 Å². The Hall–Kier alpha value is -2.55. The smallest absolute Gasteiger partial charge is 0.326 e. The van der Waals surface area contributed by atoms with E-state index in [1.54, 1.807) is 19.2 Å². The van der Waals surface area contributed by atoms with Crippen molar-refractivity contribution in [3.8, 4) is 5.75 Å². The lowest BCUT2D eigenvalue weighted by molar-refractivity contribution is -0.139. The maximum Gasteiger partial charge on any atom is 0.326 e. The van der Waals surface area contributed by atoms with E-state index in [0.717, 1.165) is 47.5 Å². The van der Waals surface area contributed by atoms with Gasteiger partial charge in [-0.1, -0.05) is 27.2 Å². The summed E-state index contributed by atoms with van der Waals surface area (Å²) in [6, 6.07) is 2.26. The van der Waals surface area contributed by atoms with Gasteiger partial charge in [0.2, 0.25) is 0 Å². The van der Waals surface area contributed by atoms with Crippen LogP contribution in [-0.4, -0.2) is 92.8 Å². The van der Waals surface area contributed by atoms with Crippen LogP contribution in [0.5, 0.6) is 5.75 Å². The summed E-state index contributed by atoms with van der Waals surface area (Å²) in [7, 11) is 4.45. The molecule has 1 aromatic rings. The molecule has 9 nitrogen and oxygen atoms in total. The van der Waals surface area contributed by atoms with Crippen LogP contribution in [0.2, 0.25) is 0 Å². The zero-order valence-electron chi connectivity index (χ0n) is 22.7. The van der Waals surface area contributed by atoms with E-state index in [1.807, 2.05) is 0 Å². The van der Waals surface area contributed by atoms with Crippen molar-refractivity contribution in [2.45, 2.75) is 50.2 Å². The van der Waals surface area contributed by atoms with Gasteiger partial charge in [0, 0.05) is 44.0 Å². The number of nitrogens with one attached hydrogen (secondary N) is 2. The number of unbranched alkanes of at least 4 members (excludes halogenated alkanes) is 1. The molecule has 0 aromatic carbocycles. The Morgan fingerprint density at radius 1 is 1.29 bits per heavy atom. The van der Waals surface area contributed by atoms with Crippen molar-refractivity contribution >= 4 is 20.5 Å². The zero-order valence-corrected chi connectivity index (χ0v) is 23.7. The summed E-state index contributed by atoms with van der Waals surface area (Å²) in [4.78, 5) is 30.8. The van der Waals surface area contributed by atoms with E-state index in [0.29, 0.717) is 31.7 Å². The standard InChI is InChI=1S/C26H39N4O5P.CH3F/c1-34-18-17-30(15-4-3-8-20-11-10-19-7-5-14-28-25(19)36-20)16-12-21(26(32)33)29-24(31)23-22(35-2)9-6-13-27-23;1-2/h6,9-11,13,20-21,28,36H,3-5,7-8,12,14-18H2,1-2H3,(H,29,31)(H,32,33);1H3. The van der Waals surface area contributed by atoms with Crippen LogP contribution in [0.1, 0.15) is 49.0 Å². The summed E-state index contributed by atoms with van der Waals surface area (Å²) in [5.74, 6) is -1.32. The molecule has 38 heavy (non-hydrogen) atoms. The normalized spacial score (nSPS) is 17.8. The number of aromatic nitrogens is 1. The van der Waals surface area contributed by atoms with Crippen LogP contribution >= 0.6 is 8.58 Å². The highest BCUT2D eigenvalue weighted by Gasteiger charge is 2.24. The second-order valence-corrected chi connectivity index (χ2v) is 10.6. The number of methoxy groups -OCH3 is 2. The van der Waals surface area contributed by atoms with Gasteiger partial charge in [-0.3, -0.25) is 9.18 Å². The van der Waals surface area contributed by atoms with Crippen LogP contribution in [0.25, 0.3) is 0 Å². The highest BCUT2D eigenvalue weighted by molar-refractivity contribution is 7.44. The molecule has 11 heteroatoms. The number of pyridine rings is 1. The number of hydrogen-bond acceptors (Lipinski definition) is 7. The third kappa shape index (κ3) is 10.3. The molecule has 3 unspecified atom stereocenters. The number of allylic oxidation sites excluding steroid dienone is 3. The molecule has 0 bridgehead atoms. The second kappa shape index (κ2) is 17.9. The summed E-state index contributed by atoms with van der Waals surface area (Å²) in [6.07, 6.45) is 12.2. The molecule has 3 heterocycles. The molecule has 2 aliphatic heterocycles. The summed E-state index contributed by atoms with van der Waals surface area (Å²) in [5.41, 5.74) is 3.63. The Balaban J connectivity index is 0.00000247. The van der Waals surface area contributed by atoms with Gasteiger partial charge in [0.1, 0.15) is 11.8 Å². The highest BCUT2D eigenvalue weighted by atomic mass is 31.1. The monoisotopic (exact) mass is 552 g/mol. The van der Waals surface area contributed by atoms with Crippen molar-refractivity contribution in [2.24, 2.45) is 0 Å². The number of hydrogen-bond donors (Lipinski definition) is 3. The van der Waals surface area contributed by atoms with Gasteiger partial charge in [-0.2, -0.15) is 0 Å². The van der Waals surface area contributed by atoms with Gasteiger partial charge in [-0.05, 0) is 56.4 Å². The molecular formula is C27H42FN4O5P. The Kier molecular flexibility index (Phi) is 14.9. The SMILES string of the molecule is CF.COCCN(CCCCC1C=CC2=C(NCCC2)P1)CCC(NC(=O)c1ncccc1OC)C(=O)O. The molecule has 3 rings (SSSR count). The fourth-order valence-electron chi connectivity index (χ4n) is 4.45. The number of nitrogens with zero attached hydrogens (tertiary/aromatic N) is 2. The number of carbonyl (C=O) groups excluding carboxylic acids is 1. The van der Waals surface area contributed by atoms with Crippen molar-refractivity contribution in [3.05, 3.63) is 47.2 Å². The number of carboxylic acid groups (broad SMARTS) is 1. The van der Waals surface area contributed by atoms with Crippen LogP contribution in [0.4, 0.5) is 4.39 Å². The lowest BCUT2D eigenvalue weighted by Crippen LogP contribution is -2.44. The van der Waals surface area contributed by atoms with E-state index in [-0.39, 0.29) is 12.1 Å². The maximum absolute atomic E-state index is 12.6. The minimum absolute atomic E-state index is 0.0753. The van der Waals surface area contributed by atoms with Gasteiger partial charge >= 0.3 is 5.97 Å². The maximum atomic E-state index is 12.6. The van der Waals surface area contributed by atoms with Crippen LogP contribution in [0, 0.1) is 0 Å². The molecular weight excluding hydrogens is 510 g/mol. The summed E-state index contributed by atoms with van der Waals surface area (Å²) < 4.78 is 19.9. The number of ether oxygens (including phenoxy) is 2. The van der Waals surface area contributed by atoms with Gasteiger partial charge in [0.15, 0.2) is 5.69 Å². The topological polar surface area (TPSA) is 113 Å². The summed E-state index contributed by atoms with van der Waals surface area (Å²) in [5, 5.41) is 15.9. The van der Waals surface area contributed by atoms with E-state index in [9.17, 15) is 19.1 Å². The lowest BCUT2D eigenvalue weighted by atomic mass is 10.1. The van der Waals surface area contributed by atoms with Crippen LogP contribution in [-0.2, 0) is 9.53 Å². The summed E-state index contributed by atoms with van der Waals surface area (Å²) >= 11 is 0. The van der Waals surface area contributed by atoms with Gasteiger partial charge < -0.3 is 30.1 Å². The van der Waals surface area contributed by atoms with Crippen LogP contribution in [0.3, 0.4) is 0 Å². The average Bonchev–Trinajstić information content (AvgIpc) is 2.96. The zero-order chi connectivity index (χ0) is 27.8. The van der Waals surface area contributed by atoms with E-state index in [1.165, 1.54) is 37.2 Å². The van der Waals surface area contributed by atoms with E-state index in [4.69, 9.17) is 9.47 Å². The quantitative estimate of drug-likeness (QED) is 0.224. The average molecular weight is 553 g/mol. The molecule has 0 saturated heterocycles. The van der Waals surface area contributed by atoms with E-state index < -0.39 is 17.9 Å². The summed E-state index contributed by atoms with van der Waals surface area (Å²) in [6.45, 7) is 3.80. The Labute approximate surface area is 227 Å². The predicted molar refractivity (Wildman–Crippen MR) is 149 cm³/mol. The fraction of sp³-hybridized carbons (Fsp3) is 0.593. The number of rotatable bonds is 15. The molecule has 0 fully saturated rings. The van der Waals surface area contributed by atoms with Crippen molar-refractivity contribution in [1.82, 2.24) is 20.5 Å². The molecule has 1 amide bonds. The van der Waals surface area contributed by atoms with Gasteiger partial charge in [-0.15, -0.1) is 0 Å². The molecule has 3 N–H and O–H groups in total. The minimum Gasteiger partial charge on any atom is -0.494 e. The Morgan fingerprint density at radius 2 is 2.11 bits per heavy atom. The second-order valence-electron chi connectivity index (χ2n) is 9.08. The first-order valence-corrected chi connectivity index (χ1v) is 14.1. The number of alkyl halides is 1. The van der Waals surface area contributed by atoms with Crippen molar-refractivity contribution in [3.63, 3.8) is 0 Å². The fourth-order valence-corrected chi connectivity index (χ4v) is 5.98. The van der Waals surface area contributed by atoms with E-state index in [2.05, 4.69) is 32.7 Å². The third-order valence-electron chi connectivity index (χ3n) is 6.50. The predicted octanol–water partition coefficient (Wildman–Crippen LogP) is 3.58. The van der Waals surface area contributed by atoms with E-state index >= 15 is 0 Å². The first-order valence-electron chi connectivity index (χ1n) is 13.0. The molecule has 212 valence electrons. The van der Waals surface area contributed by atoms with Crippen molar-refractivity contribution < 1.29 is 28.6 Å². The number of carbonyl (C=O) groups is 2. The molecule has 0 aliphatic carbocycles. The Morgan fingerprint density at radius 3 is 2.84 bits per heavy atom. The largest absolute Gasteiger partial charge is 0.494 e. The van der Waals surface area contributed by atoms with Crippen LogP contribution in [0.15, 0.2) is 41.5 Å². The number of halogens is 1. The molecule has 0 radical (unpaired) electrons. The van der Waals surface area contributed by atoms with Gasteiger partial charge in [0.25, 0.3) is 5.91 Å². The molecule has 0 spiro atoms. The molecule has 3 atom stereocenters. The number of carboxylic acids is 1. The molecule has 0 saturated carbocycles. The minimum atomic E-state index is -1.07. The van der Waals surface area contributed by atoms with Gasteiger partial charge in [-0.25, -0.2) is 9.78 Å². The Bertz CT molecular complexity index is 946. The first kappa shape index (κ1) is 31.7. The molecule has 1 aromatic heterocycles. The first-order chi connectivity index (χ1) is 18.5. The van der Waals surface area contributed by atoms with Crippen molar-refractivity contribution in [1.29, 1.82) is 0 Å². The third-order valence-corrected chi connectivity index (χ3v) is 8.14. The van der Waals surface area contributed by atoms with Gasteiger partial charge in [0.05, 0.1) is 20.9 Å². The highest BCUT2D eigenvalue weighted by Crippen LogP contribution is 2.40. The molecule has 2 aliphatic rings.